The van der Waals surface area contributed by atoms with Crippen molar-refractivity contribution in [1.82, 2.24) is 5.32 Å². The molecule has 0 radical (unpaired) electrons. The van der Waals surface area contributed by atoms with E-state index in [0.29, 0.717) is 17.9 Å². The fraction of sp³-hybridized carbons (Fsp3) is 0.167. The molecule has 130 valence electrons. The van der Waals surface area contributed by atoms with E-state index < -0.39 is 18.4 Å². The van der Waals surface area contributed by atoms with E-state index >= 15 is 0 Å². The molecule has 0 aliphatic carbocycles. The minimum atomic E-state index is -1.12. The number of aliphatic carboxylic acids is 1. The SMILES string of the molecule is O=C(O)CNC(=O)c1ccc(NC(=O)COCc2ccccc2)cc1. The lowest BCUT2D eigenvalue weighted by Gasteiger charge is -2.07. The van der Waals surface area contributed by atoms with Crippen molar-refractivity contribution < 1.29 is 24.2 Å². The summed E-state index contributed by atoms with van der Waals surface area (Å²) in [5.41, 5.74) is 1.80. The van der Waals surface area contributed by atoms with Crippen molar-refractivity contribution in [3.63, 3.8) is 0 Å². The molecule has 0 saturated carbocycles. The quantitative estimate of drug-likeness (QED) is 0.677. The number of ether oxygens (including phenoxy) is 1. The fourth-order valence-electron chi connectivity index (χ4n) is 2.00. The molecule has 0 bridgehead atoms. The van der Waals surface area contributed by atoms with Crippen LogP contribution in [0.4, 0.5) is 5.69 Å². The lowest BCUT2D eigenvalue weighted by molar-refractivity contribution is -0.135. The molecule has 0 aliphatic rings. The van der Waals surface area contributed by atoms with E-state index in [4.69, 9.17) is 9.84 Å². The van der Waals surface area contributed by atoms with Gasteiger partial charge in [-0.1, -0.05) is 30.3 Å². The van der Waals surface area contributed by atoms with Gasteiger partial charge in [-0.15, -0.1) is 0 Å². The Morgan fingerprint density at radius 3 is 2.28 bits per heavy atom. The highest BCUT2D eigenvalue weighted by molar-refractivity contribution is 5.97. The molecule has 3 N–H and O–H groups in total. The van der Waals surface area contributed by atoms with Gasteiger partial charge in [0.05, 0.1) is 6.61 Å². The fourth-order valence-corrected chi connectivity index (χ4v) is 2.00. The van der Waals surface area contributed by atoms with Crippen LogP contribution in [0.25, 0.3) is 0 Å². The summed E-state index contributed by atoms with van der Waals surface area (Å²) < 4.78 is 5.34. The number of rotatable bonds is 8. The average molecular weight is 342 g/mol. The molecular weight excluding hydrogens is 324 g/mol. The van der Waals surface area contributed by atoms with Gasteiger partial charge in [-0.2, -0.15) is 0 Å². The molecule has 0 fully saturated rings. The van der Waals surface area contributed by atoms with E-state index in [1.807, 2.05) is 30.3 Å². The number of amides is 2. The van der Waals surface area contributed by atoms with Crippen LogP contribution in [0, 0.1) is 0 Å². The zero-order valence-corrected chi connectivity index (χ0v) is 13.4. The first-order chi connectivity index (χ1) is 12.0. The van der Waals surface area contributed by atoms with Gasteiger partial charge in [0.15, 0.2) is 0 Å². The Morgan fingerprint density at radius 1 is 0.960 bits per heavy atom. The monoisotopic (exact) mass is 342 g/mol. The maximum atomic E-state index is 11.8. The summed E-state index contributed by atoms with van der Waals surface area (Å²) in [5.74, 6) is -1.92. The number of carboxylic acids is 1. The van der Waals surface area contributed by atoms with E-state index in [1.54, 1.807) is 12.1 Å². The zero-order valence-electron chi connectivity index (χ0n) is 13.4. The van der Waals surface area contributed by atoms with Gasteiger partial charge < -0.3 is 20.5 Å². The number of carbonyl (C=O) groups excluding carboxylic acids is 2. The van der Waals surface area contributed by atoms with Crippen LogP contribution in [0.1, 0.15) is 15.9 Å². The van der Waals surface area contributed by atoms with Gasteiger partial charge in [0.1, 0.15) is 13.2 Å². The second-order valence-electron chi connectivity index (χ2n) is 5.18. The third kappa shape index (κ3) is 6.44. The standard InChI is InChI=1S/C18H18N2O5/c21-16(12-25-11-13-4-2-1-3-5-13)20-15-8-6-14(7-9-15)18(24)19-10-17(22)23/h1-9H,10-12H2,(H,19,24)(H,20,21)(H,22,23). The summed E-state index contributed by atoms with van der Waals surface area (Å²) in [7, 11) is 0. The molecule has 2 rings (SSSR count). The highest BCUT2D eigenvalue weighted by Crippen LogP contribution is 2.09. The van der Waals surface area contributed by atoms with E-state index in [2.05, 4.69) is 10.6 Å². The second kappa shape index (κ2) is 9.19. The van der Waals surface area contributed by atoms with E-state index in [1.165, 1.54) is 12.1 Å². The van der Waals surface area contributed by atoms with Crippen molar-refractivity contribution in [1.29, 1.82) is 0 Å². The van der Waals surface area contributed by atoms with Crippen LogP contribution < -0.4 is 10.6 Å². The first-order valence-electron chi connectivity index (χ1n) is 7.56. The third-order valence-electron chi connectivity index (χ3n) is 3.18. The van der Waals surface area contributed by atoms with Gasteiger partial charge in [-0.25, -0.2) is 0 Å². The average Bonchev–Trinajstić information content (AvgIpc) is 2.61. The molecule has 0 aliphatic heterocycles. The molecule has 2 aromatic rings. The number of carbonyl (C=O) groups is 3. The van der Waals surface area contributed by atoms with Crippen molar-refractivity contribution in [3.05, 3.63) is 65.7 Å². The largest absolute Gasteiger partial charge is 0.480 e. The topological polar surface area (TPSA) is 105 Å². The summed E-state index contributed by atoms with van der Waals surface area (Å²) >= 11 is 0. The molecule has 0 unspecified atom stereocenters. The minimum absolute atomic E-state index is 0.0876. The van der Waals surface area contributed by atoms with Gasteiger partial charge in [-0.05, 0) is 29.8 Å². The maximum absolute atomic E-state index is 11.8. The van der Waals surface area contributed by atoms with Crippen LogP contribution in [-0.4, -0.2) is 36.0 Å². The van der Waals surface area contributed by atoms with Gasteiger partial charge >= 0.3 is 5.97 Å². The molecule has 0 aromatic heterocycles. The van der Waals surface area contributed by atoms with Crippen molar-refractivity contribution in [3.8, 4) is 0 Å². The molecule has 7 nitrogen and oxygen atoms in total. The highest BCUT2D eigenvalue weighted by Gasteiger charge is 2.08. The van der Waals surface area contributed by atoms with E-state index in [0.717, 1.165) is 5.56 Å². The number of benzene rings is 2. The Balaban J connectivity index is 1.77. The predicted molar refractivity (Wildman–Crippen MR) is 91.1 cm³/mol. The van der Waals surface area contributed by atoms with Crippen molar-refractivity contribution in [2.45, 2.75) is 6.61 Å². The van der Waals surface area contributed by atoms with Crippen molar-refractivity contribution in [2.75, 3.05) is 18.5 Å². The Morgan fingerprint density at radius 2 is 1.64 bits per heavy atom. The van der Waals surface area contributed by atoms with Crippen molar-refractivity contribution in [2.24, 2.45) is 0 Å². The molecule has 2 aromatic carbocycles. The van der Waals surface area contributed by atoms with Crippen molar-refractivity contribution >= 4 is 23.5 Å². The maximum Gasteiger partial charge on any atom is 0.322 e. The van der Waals surface area contributed by atoms with Crippen LogP contribution >= 0.6 is 0 Å². The Labute approximate surface area is 144 Å². The first-order valence-corrected chi connectivity index (χ1v) is 7.56. The summed E-state index contributed by atoms with van der Waals surface area (Å²) in [4.78, 5) is 33.9. The lowest BCUT2D eigenvalue weighted by Crippen LogP contribution is -2.29. The Hall–Kier alpha value is -3.19. The van der Waals surface area contributed by atoms with Gasteiger partial charge in [0.25, 0.3) is 5.91 Å². The third-order valence-corrected chi connectivity index (χ3v) is 3.18. The normalized spacial score (nSPS) is 10.1. The van der Waals surface area contributed by atoms with E-state index in [-0.39, 0.29) is 12.5 Å². The smallest absolute Gasteiger partial charge is 0.322 e. The molecule has 25 heavy (non-hydrogen) atoms. The molecule has 0 spiro atoms. The number of hydrogen-bond acceptors (Lipinski definition) is 4. The molecule has 7 heteroatoms. The van der Waals surface area contributed by atoms with E-state index in [9.17, 15) is 14.4 Å². The van der Waals surface area contributed by atoms with Crippen LogP contribution in [-0.2, 0) is 20.9 Å². The molecule has 0 saturated heterocycles. The number of carboxylic acid groups (broad SMARTS) is 1. The molecular formula is C18H18N2O5. The zero-order chi connectivity index (χ0) is 18.1. The van der Waals surface area contributed by atoms with Crippen LogP contribution in [0.5, 0.6) is 0 Å². The number of hydrogen-bond donors (Lipinski definition) is 3. The molecule has 0 heterocycles. The first kappa shape index (κ1) is 18.2. The predicted octanol–water partition coefficient (Wildman–Crippen LogP) is 1.66. The number of nitrogens with one attached hydrogen (secondary N) is 2. The van der Waals surface area contributed by atoms with Crippen LogP contribution in [0.3, 0.4) is 0 Å². The molecule has 0 atom stereocenters. The van der Waals surface area contributed by atoms with Crippen LogP contribution in [0.15, 0.2) is 54.6 Å². The highest BCUT2D eigenvalue weighted by atomic mass is 16.5. The molecule has 2 amide bonds. The summed E-state index contributed by atoms with van der Waals surface area (Å²) in [6.45, 7) is -0.192. The summed E-state index contributed by atoms with van der Waals surface area (Å²) in [6, 6.07) is 15.6. The minimum Gasteiger partial charge on any atom is -0.480 e. The summed E-state index contributed by atoms with van der Waals surface area (Å²) in [6.07, 6.45) is 0. The van der Waals surface area contributed by atoms with Gasteiger partial charge in [-0.3, -0.25) is 14.4 Å². The lowest BCUT2D eigenvalue weighted by atomic mass is 10.2. The summed E-state index contributed by atoms with van der Waals surface area (Å²) in [5, 5.41) is 13.4. The second-order valence-corrected chi connectivity index (χ2v) is 5.18. The number of anilines is 1. The van der Waals surface area contributed by atoms with Gasteiger partial charge in [0, 0.05) is 11.3 Å². The Bertz CT molecular complexity index is 729. The van der Waals surface area contributed by atoms with Crippen LogP contribution in [0.2, 0.25) is 0 Å². The van der Waals surface area contributed by atoms with Gasteiger partial charge in [0.2, 0.25) is 5.91 Å². The Kier molecular flexibility index (Phi) is 6.67.